The van der Waals surface area contributed by atoms with Crippen molar-refractivity contribution in [3.63, 3.8) is 0 Å². The Morgan fingerprint density at radius 2 is 1.89 bits per heavy atom. The highest BCUT2D eigenvalue weighted by atomic mass is 16.3. The summed E-state index contributed by atoms with van der Waals surface area (Å²) in [7, 11) is 1.72. The Labute approximate surface area is 220 Å². The summed E-state index contributed by atoms with van der Waals surface area (Å²) in [4.78, 5) is 17.3. The zero-order valence-corrected chi connectivity index (χ0v) is 22.2. The maximum Gasteiger partial charge on any atom is 0.234 e. The number of hydrogen-bond acceptors (Lipinski definition) is 5. The number of hydrogen-bond donors (Lipinski definition) is 3. The van der Waals surface area contributed by atoms with E-state index in [9.17, 15) is 20.1 Å². The number of aromatic hydroxyl groups is 1. The van der Waals surface area contributed by atoms with Gasteiger partial charge in [-0.15, -0.1) is 0 Å². The lowest BCUT2D eigenvalue weighted by Crippen LogP contribution is -2.65. The molecule has 37 heavy (non-hydrogen) atoms. The van der Waals surface area contributed by atoms with Crippen LogP contribution < -0.4 is 4.90 Å². The minimum atomic E-state index is -0.859. The van der Waals surface area contributed by atoms with Crippen LogP contribution >= 0.6 is 0 Å². The Bertz CT molecular complexity index is 1090. The van der Waals surface area contributed by atoms with E-state index in [-0.39, 0.29) is 29.5 Å². The van der Waals surface area contributed by atoms with Crippen molar-refractivity contribution in [1.82, 2.24) is 4.90 Å². The molecule has 1 amide bonds. The number of phenolic OH excluding ortho intramolecular Hbond substituents is 1. The molecule has 0 bridgehead atoms. The van der Waals surface area contributed by atoms with Crippen LogP contribution in [0.3, 0.4) is 0 Å². The van der Waals surface area contributed by atoms with Crippen molar-refractivity contribution in [3.8, 4) is 5.75 Å². The summed E-state index contributed by atoms with van der Waals surface area (Å²) in [5.41, 5.74) is 1.63. The first-order valence-corrected chi connectivity index (χ1v) is 14.1. The zero-order valence-electron chi connectivity index (χ0n) is 22.2. The topological polar surface area (TPSA) is 84.2 Å². The van der Waals surface area contributed by atoms with Gasteiger partial charge in [0.05, 0.1) is 23.3 Å². The van der Waals surface area contributed by atoms with E-state index in [1.807, 2.05) is 49.4 Å². The number of anilines is 1. The third-order valence-electron chi connectivity index (χ3n) is 9.23. The average molecular weight is 507 g/mol. The molecule has 2 aromatic rings. The molecule has 1 saturated heterocycles. The van der Waals surface area contributed by atoms with Gasteiger partial charge in [-0.05, 0) is 94.0 Å². The maximum atomic E-state index is 13.2. The number of aryl methyl sites for hydroxylation is 1. The van der Waals surface area contributed by atoms with E-state index < -0.39 is 11.7 Å². The lowest BCUT2D eigenvalue weighted by Gasteiger charge is -2.55. The summed E-state index contributed by atoms with van der Waals surface area (Å²) in [6.45, 7) is 3.86. The molecule has 0 radical (unpaired) electrons. The van der Waals surface area contributed by atoms with Crippen LogP contribution in [-0.2, 0) is 11.2 Å². The second-order valence-electron chi connectivity index (χ2n) is 11.7. The summed E-state index contributed by atoms with van der Waals surface area (Å²) >= 11 is 0. The highest BCUT2D eigenvalue weighted by molar-refractivity contribution is 5.98. The first-order chi connectivity index (χ1) is 17.8. The highest BCUT2D eigenvalue weighted by Gasteiger charge is 2.53. The summed E-state index contributed by atoms with van der Waals surface area (Å²) in [6, 6.07) is 15.2. The number of benzene rings is 2. The second kappa shape index (κ2) is 10.8. The molecule has 3 fully saturated rings. The number of likely N-dealkylation sites (tertiary alicyclic amines) is 1. The number of carbonyl (C=O) groups is 1. The van der Waals surface area contributed by atoms with E-state index in [0.29, 0.717) is 5.69 Å². The lowest BCUT2D eigenvalue weighted by atomic mass is 9.64. The van der Waals surface area contributed by atoms with Gasteiger partial charge in [0, 0.05) is 25.6 Å². The lowest BCUT2D eigenvalue weighted by molar-refractivity contribution is -0.176. The first kappa shape index (κ1) is 26.2. The number of aliphatic hydroxyl groups excluding tert-OH is 1. The van der Waals surface area contributed by atoms with Gasteiger partial charge in [0.15, 0.2) is 0 Å². The van der Waals surface area contributed by atoms with Crippen molar-refractivity contribution in [2.75, 3.05) is 25.0 Å². The molecular formula is C31H42N2O4. The van der Waals surface area contributed by atoms with E-state index in [1.165, 1.54) is 12.8 Å². The molecule has 3 N–H and O–H groups in total. The molecule has 200 valence electrons. The molecule has 1 aliphatic heterocycles. The molecule has 0 spiro atoms. The summed E-state index contributed by atoms with van der Waals surface area (Å²) < 4.78 is 0. The smallest absolute Gasteiger partial charge is 0.234 e. The molecule has 6 heteroatoms. The molecule has 3 aliphatic rings. The SMILES string of the molecule is CC(C(=O)N(C)c1cc(CC[C@H]2N(CC3CC3)CCC3[C@@H](O)CCCC32O)ccc1O)c1ccccc1. The number of phenols is 1. The predicted octanol–water partition coefficient (Wildman–Crippen LogP) is 4.47. The summed E-state index contributed by atoms with van der Waals surface area (Å²) in [6.07, 6.45) is 6.90. The Morgan fingerprint density at radius 1 is 1.14 bits per heavy atom. The van der Waals surface area contributed by atoms with Crippen LogP contribution in [0, 0.1) is 11.8 Å². The van der Waals surface area contributed by atoms with Crippen LogP contribution in [0.2, 0.25) is 0 Å². The van der Waals surface area contributed by atoms with Crippen LogP contribution in [0.5, 0.6) is 5.75 Å². The molecule has 6 nitrogen and oxygen atoms in total. The maximum absolute atomic E-state index is 13.2. The Morgan fingerprint density at radius 3 is 2.62 bits per heavy atom. The normalized spacial score (nSPS) is 28.9. The number of fused-ring (bicyclic) bond motifs is 1. The Kier molecular flexibility index (Phi) is 7.62. The third kappa shape index (κ3) is 5.43. The molecular weight excluding hydrogens is 464 g/mol. The van der Waals surface area contributed by atoms with Crippen LogP contribution in [0.15, 0.2) is 48.5 Å². The second-order valence-corrected chi connectivity index (χ2v) is 11.7. The van der Waals surface area contributed by atoms with Gasteiger partial charge < -0.3 is 20.2 Å². The Hall–Kier alpha value is -2.41. The standard InChI is InChI=1S/C31H42N2O4/c1-21(24-7-4-3-5-8-24)30(36)32(2)26-19-22(12-14-28(26)35)13-15-29-31(37)17-6-9-27(34)25(31)16-18-33(29)20-23-10-11-23/h3-5,7-8,12,14,19,21,23,25,27,29,34-35,37H,6,9-11,13,15-18,20H2,1-2H3/t21?,25?,27-,29+,31?/m0/s1. The van der Waals surface area contributed by atoms with Gasteiger partial charge in [-0.2, -0.15) is 0 Å². The quantitative estimate of drug-likeness (QED) is 0.492. The summed E-state index contributed by atoms with van der Waals surface area (Å²) in [5, 5.41) is 33.3. The molecule has 2 saturated carbocycles. The van der Waals surface area contributed by atoms with Crippen molar-refractivity contribution in [1.29, 1.82) is 0 Å². The number of aliphatic hydroxyl groups is 2. The van der Waals surface area contributed by atoms with Gasteiger partial charge in [-0.25, -0.2) is 0 Å². The van der Waals surface area contributed by atoms with Gasteiger partial charge in [-0.3, -0.25) is 9.69 Å². The van der Waals surface area contributed by atoms with Crippen molar-refractivity contribution in [3.05, 3.63) is 59.7 Å². The van der Waals surface area contributed by atoms with E-state index in [4.69, 9.17) is 0 Å². The number of likely N-dealkylation sites (N-methyl/N-ethyl adjacent to an activating group) is 1. The van der Waals surface area contributed by atoms with E-state index in [1.54, 1.807) is 18.0 Å². The molecule has 2 aromatic carbocycles. The fourth-order valence-corrected chi connectivity index (χ4v) is 6.82. The third-order valence-corrected chi connectivity index (χ3v) is 9.23. The van der Waals surface area contributed by atoms with Crippen molar-refractivity contribution < 1.29 is 20.1 Å². The van der Waals surface area contributed by atoms with Crippen molar-refractivity contribution >= 4 is 11.6 Å². The van der Waals surface area contributed by atoms with Gasteiger partial charge in [-0.1, -0.05) is 36.4 Å². The molecule has 5 rings (SSSR count). The molecule has 0 aromatic heterocycles. The number of nitrogens with zero attached hydrogens (tertiary/aromatic N) is 2. The van der Waals surface area contributed by atoms with Crippen molar-refractivity contribution in [2.24, 2.45) is 11.8 Å². The van der Waals surface area contributed by atoms with Crippen LogP contribution in [0.4, 0.5) is 5.69 Å². The monoisotopic (exact) mass is 506 g/mol. The molecule has 5 atom stereocenters. The number of piperidine rings is 1. The van der Waals surface area contributed by atoms with Gasteiger partial charge in [0.1, 0.15) is 5.75 Å². The van der Waals surface area contributed by atoms with E-state index >= 15 is 0 Å². The van der Waals surface area contributed by atoms with Gasteiger partial charge >= 0.3 is 0 Å². The molecule has 2 aliphatic carbocycles. The van der Waals surface area contributed by atoms with Crippen molar-refractivity contribution in [2.45, 2.75) is 82.0 Å². The minimum absolute atomic E-state index is 0.0107. The van der Waals surface area contributed by atoms with E-state index in [0.717, 1.165) is 68.7 Å². The zero-order chi connectivity index (χ0) is 26.2. The largest absolute Gasteiger partial charge is 0.506 e. The summed E-state index contributed by atoms with van der Waals surface area (Å²) in [5.74, 6) is 0.372. The predicted molar refractivity (Wildman–Crippen MR) is 146 cm³/mol. The fourth-order valence-electron chi connectivity index (χ4n) is 6.82. The van der Waals surface area contributed by atoms with Crippen LogP contribution in [-0.4, -0.2) is 64.0 Å². The van der Waals surface area contributed by atoms with Gasteiger partial charge in [0.25, 0.3) is 0 Å². The Balaban J connectivity index is 1.33. The number of amides is 1. The fraction of sp³-hybridized carbons (Fsp3) is 0.581. The van der Waals surface area contributed by atoms with Gasteiger partial charge in [0.2, 0.25) is 5.91 Å². The van der Waals surface area contributed by atoms with Crippen LogP contribution in [0.1, 0.15) is 68.9 Å². The first-order valence-electron chi connectivity index (χ1n) is 14.1. The van der Waals surface area contributed by atoms with E-state index in [2.05, 4.69) is 4.90 Å². The van der Waals surface area contributed by atoms with Crippen LogP contribution in [0.25, 0.3) is 0 Å². The molecule has 3 unspecified atom stereocenters. The highest BCUT2D eigenvalue weighted by Crippen LogP contribution is 2.46. The molecule has 1 heterocycles. The number of carbonyl (C=O) groups excluding carboxylic acids is 1. The average Bonchev–Trinajstić information content (AvgIpc) is 3.72. The minimum Gasteiger partial charge on any atom is -0.506 e. The number of rotatable bonds is 8.